The molecular formula is C28H29BN2O8. The molecule has 5 rings (SSSR count). The fourth-order valence-corrected chi connectivity index (χ4v) is 6.11. The van der Waals surface area contributed by atoms with Gasteiger partial charge in [-0.15, -0.1) is 0 Å². The topological polar surface area (TPSA) is 146 Å². The molecule has 1 aliphatic carbocycles. The van der Waals surface area contributed by atoms with Gasteiger partial charge in [-0.05, 0) is 84.1 Å². The van der Waals surface area contributed by atoms with Crippen LogP contribution in [0.3, 0.4) is 0 Å². The number of methoxy groups -OCH3 is 1. The highest BCUT2D eigenvalue weighted by atomic mass is 16.5. The van der Waals surface area contributed by atoms with Gasteiger partial charge in [-0.25, -0.2) is 4.79 Å². The van der Waals surface area contributed by atoms with Crippen molar-refractivity contribution in [2.75, 3.05) is 13.7 Å². The van der Waals surface area contributed by atoms with Gasteiger partial charge in [0.25, 0.3) is 0 Å². The van der Waals surface area contributed by atoms with Gasteiger partial charge >= 0.3 is 13.2 Å². The van der Waals surface area contributed by atoms with E-state index in [0.29, 0.717) is 28.9 Å². The number of aliphatic hydroxyl groups is 1. The number of aromatic hydroxyl groups is 1. The van der Waals surface area contributed by atoms with Crippen LogP contribution in [0.25, 0.3) is 11.6 Å². The molecule has 2 fully saturated rings. The largest absolute Gasteiger partial charge is 0.508 e. The van der Waals surface area contributed by atoms with Gasteiger partial charge in [0, 0.05) is 6.20 Å². The monoisotopic (exact) mass is 532 g/mol. The molecule has 3 aliphatic rings. The number of aliphatic hydroxyl groups excluding tert-OH is 1. The SMILES string of the molecule is COC(=O)N1C(=O)[C@@H]2[C@@H](CC(CO)=C3[C@@H](CC/C(=C/c4cccc(O)c4)c4ccccn4)OB(O)C[C@@H]32)C1=O. The highest BCUT2D eigenvalue weighted by Gasteiger charge is 2.59. The van der Waals surface area contributed by atoms with E-state index in [1.807, 2.05) is 30.3 Å². The number of amides is 3. The number of carbonyl (C=O) groups excluding carboxylic acids is 3. The predicted octanol–water partition coefficient (Wildman–Crippen LogP) is 2.66. The third-order valence-corrected chi connectivity index (χ3v) is 7.74. The van der Waals surface area contributed by atoms with Crippen molar-refractivity contribution in [3.63, 3.8) is 0 Å². The van der Waals surface area contributed by atoms with Crippen LogP contribution in [0.5, 0.6) is 5.75 Å². The summed E-state index contributed by atoms with van der Waals surface area (Å²) < 4.78 is 10.6. The first kappa shape index (κ1) is 26.8. The number of likely N-dealkylation sites (tertiary alicyclic amines) is 1. The Morgan fingerprint density at radius 3 is 2.72 bits per heavy atom. The molecule has 3 heterocycles. The maximum absolute atomic E-state index is 13.3. The van der Waals surface area contributed by atoms with E-state index >= 15 is 0 Å². The van der Waals surface area contributed by atoms with E-state index in [-0.39, 0.29) is 25.1 Å². The zero-order valence-corrected chi connectivity index (χ0v) is 21.4. The summed E-state index contributed by atoms with van der Waals surface area (Å²) in [7, 11) is -0.0864. The number of fused-ring (bicyclic) bond motifs is 3. The molecule has 1 aromatic heterocycles. The van der Waals surface area contributed by atoms with Crippen molar-refractivity contribution >= 4 is 36.7 Å². The lowest BCUT2D eigenvalue weighted by Crippen LogP contribution is -2.46. The summed E-state index contributed by atoms with van der Waals surface area (Å²) in [5, 5.41) is 30.8. The van der Waals surface area contributed by atoms with Crippen LogP contribution in [0.4, 0.5) is 4.79 Å². The predicted molar refractivity (Wildman–Crippen MR) is 141 cm³/mol. The van der Waals surface area contributed by atoms with Crippen LogP contribution in [0, 0.1) is 17.8 Å². The lowest BCUT2D eigenvalue weighted by Gasteiger charge is -2.42. The third-order valence-electron chi connectivity index (χ3n) is 7.74. The van der Waals surface area contributed by atoms with Gasteiger partial charge in [-0.1, -0.05) is 18.2 Å². The molecule has 1 aromatic carbocycles. The highest BCUT2D eigenvalue weighted by molar-refractivity contribution is 6.43. The minimum Gasteiger partial charge on any atom is -0.508 e. The maximum atomic E-state index is 13.3. The molecule has 0 radical (unpaired) electrons. The standard InChI is InChI=1S/C28H29BN2O8/c1-38-28(36)31-26(34)20-13-18(15-32)24-21(25(20)27(31)35)14-29(37)39-23(24)9-8-17(22-7-2-3-10-30-22)11-16-5-4-6-19(33)12-16/h2-7,10-12,20-21,23,25,32-33,37H,8-9,13-15H2,1H3/b17-11-/t20-,21+,23-,25-/m1/s1. The molecule has 2 aromatic rings. The number of carbonyl (C=O) groups is 3. The summed E-state index contributed by atoms with van der Waals surface area (Å²) in [5.41, 5.74) is 3.67. The number of phenols is 1. The fraction of sp³-hybridized carbons (Fsp3) is 0.357. The normalized spacial score (nSPS) is 25.1. The van der Waals surface area contributed by atoms with Crippen LogP contribution in [0.1, 0.15) is 30.5 Å². The molecule has 3 amide bonds. The molecular weight excluding hydrogens is 503 g/mol. The molecule has 0 unspecified atom stereocenters. The molecule has 0 spiro atoms. The number of benzene rings is 1. The minimum absolute atomic E-state index is 0.0662. The van der Waals surface area contributed by atoms with E-state index in [1.54, 1.807) is 24.4 Å². The van der Waals surface area contributed by atoms with Crippen molar-refractivity contribution in [3.05, 3.63) is 71.1 Å². The Morgan fingerprint density at radius 2 is 2.03 bits per heavy atom. The van der Waals surface area contributed by atoms with E-state index in [0.717, 1.165) is 23.9 Å². The van der Waals surface area contributed by atoms with E-state index < -0.39 is 48.9 Å². The lowest BCUT2D eigenvalue weighted by molar-refractivity contribution is -0.137. The van der Waals surface area contributed by atoms with Crippen molar-refractivity contribution in [1.29, 1.82) is 0 Å². The van der Waals surface area contributed by atoms with Crippen LogP contribution < -0.4 is 0 Å². The molecule has 0 saturated carbocycles. The Hall–Kier alpha value is -3.80. The Kier molecular flexibility index (Phi) is 7.65. The van der Waals surface area contributed by atoms with Crippen LogP contribution in [-0.4, -0.2) is 70.0 Å². The first-order valence-electron chi connectivity index (χ1n) is 12.8. The Labute approximate surface area is 225 Å². The van der Waals surface area contributed by atoms with Crippen LogP contribution >= 0.6 is 0 Å². The zero-order chi connectivity index (χ0) is 27.7. The first-order valence-corrected chi connectivity index (χ1v) is 12.8. The molecule has 10 nitrogen and oxygen atoms in total. The number of nitrogens with zero attached hydrogens (tertiary/aromatic N) is 2. The number of imide groups is 3. The second-order valence-corrected chi connectivity index (χ2v) is 9.98. The Bertz CT molecular complexity index is 1340. The van der Waals surface area contributed by atoms with Crippen molar-refractivity contribution in [2.45, 2.75) is 31.7 Å². The van der Waals surface area contributed by atoms with Crippen LogP contribution in [0.15, 0.2) is 59.8 Å². The molecule has 11 heteroatoms. The molecule has 202 valence electrons. The second kappa shape index (κ2) is 11.1. The quantitative estimate of drug-likeness (QED) is 0.290. The minimum atomic E-state index is -1.19. The van der Waals surface area contributed by atoms with Gasteiger partial charge in [0.1, 0.15) is 5.75 Å². The van der Waals surface area contributed by atoms with Crippen molar-refractivity contribution < 1.29 is 39.0 Å². The van der Waals surface area contributed by atoms with Gasteiger partial charge in [0.15, 0.2) is 0 Å². The fourth-order valence-electron chi connectivity index (χ4n) is 6.11. The molecule has 4 atom stereocenters. The number of phenolic OH excluding ortho intramolecular Hbond substituents is 1. The van der Waals surface area contributed by atoms with E-state index in [1.165, 1.54) is 0 Å². The molecule has 39 heavy (non-hydrogen) atoms. The summed E-state index contributed by atoms with van der Waals surface area (Å²) in [6, 6.07) is 12.4. The van der Waals surface area contributed by atoms with E-state index in [9.17, 15) is 29.6 Å². The van der Waals surface area contributed by atoms with Crippen molar-refractivity contribution in [2.24, 2.45) is 17.8 Å². The van der Waals surface area contributed by atoms with Crippen LogP contribution in [-0.2, 0) is 19.0 Å². The average molecular weight is 532 g/mol. The molecule has 0 bridgehead atoms. The van der Waals surface area contributed by atoms with E-state index in [4.69, 9.17) is 4.65 Å². The molecule has 2 saturated heterocycles. The third kappa shape index (κ3) is 5.12. The Morgan fingerprint density at radius 1 is 1.21 bits per heavy atom. The summed E-state index contributed by atoms with van der Waals surface area (Å²) in [6.07, 6.45) is 2.99. The van der Waals surface area contributed by atoms with Gasteiger partial charge in [-0.3, -0.25) is 14.6 Å². The molecule has 2 aliphatic heterocycles. The zero-order valence-electron chi connectivity index (χ0n) is 21.4. The Balaban J connectivity index is 1.46. The smallest absolute Gasteiger partial charge is 0.455 e. The van der Waals surface area contributed by atoms with Crippen LogP contribution in [0.2, 0.25) is 6.32 Å². The van der Waals surface area contributed by atoms with Gasteiger partial charge in [0.05, 0.1) is 37.4 Å². The summed E-state index contributed by atoms with van der Waals surface area (Å²) in [5.74, 6) is -3.39. The summed E-state index contributed by atoms with van der Waals surface area (Å²) >= 11 is 0. The summed E-state index contributed by atoms with van der Waals surface area (Å²) in [6.45, 7) is -0.336. The van der Waals surface area contributed by atoms with Gasteiger partial charge in [0.2, 0.25) is 11.8 Å². The second-order valence-electron chi connectivity index (χ2n) is 9.98. The number of rotatable bonds is 6. The number of hydrogen-bond donors (Lipinski definition) is 3. The maximum Gasteiger partial charge on any atom is 0.455 e. The van der Waals surface area contributed by atoms with Crippen molar-refractivity contribution in [3.8, 4) is 5.75 Å². The number of allylic oxidation sites excluding steroid dienone is 1. The number of aromatic nitrogens is 1. The summed E-state index contributed by atoms with van der Waals surface area (Å²) in [4.78, 5) is 43.5. The van der Waals surface area contributed by atoms with Crippen molar-refractivity contribution in [1.82, 2.24) is 9.88 Å². The van der Waals surface area contributed by atoms with E-state index in [2.05, 4.69) is 9.72 Å². The van der Waals surface area contributed by atoms with Gasteiger partial charge in [-0.2, -0.15) is 4.90 Å². The molecule has 3 N–H and O–H groups in total. The number of hydrogen-bond acceptors (Lipinski definition) is 9. The number of pyridine rings is 1. The highest BCUT2D eigenvalue weighted by Crippen LogP contribution is 2.50. The first-order chi connectivity index (χ1) is 18.8. The lowest BCUT2D eigenvalue weighted by atomic mass is 9.58. The average Bonchev–Trinajstić information content (AvgIpc) is 3.19. The number of ether oxygens (including phenoxy) is 1. The van der Waals surface area contributed by atoms with Gasteiger partial charge < -0.3 is 24.6 Å².